The topological polar surface area (TPSA) is 49.7 Å². The first-order valence-corrected chi connectivity index (χ1v) is 3.78. The van der Waals surface area contributed by atoms with E-state index in [0.717, 1.165) is 0 Å². The van der Waals surface area contributed by atoms with Gasteiger partial charge in [0.15, 0.2) is 11.5 Å². The summed E-state index contributed by atoms with van der Waals surface area (Å²) < 4.78 is 5.28. The lowest BCUT2D eigenvalue weighted by molar-refractivity contribution is 0.241. The summed E-state index contributed by atoms with van der Waals surface area (Å²) in [4.78, 5) is 0. The van der Waals surface area contributed by atoms with Crippen LogP contribution < -0.4 is 4.74 Å². The second kappa shape index (κ2) is 3.34. The molecule has 0 aliphatic heterocycles. The Morgan fingerprint density at radius 1 is 1.17 bits per heavy atom. The lowest BCUT2D eigenvalue weighted by Crippen LogP contribution is -2.04. The molecule has 12 heavy (non-hydrogen) atoms. The molecule has 1 aromatic rings. The molecule has 66 valence electrons. The first kappa shape index (κ1) is 8.71. The number of ether oxygens (including phenoxy) is 1. The Labute approximate surface area is 71.2 Å². The van der Waals surface area contributed by atoms with Crippen LogP contribution in [0.3, 0.4) is 0 Å². The number of hydrogen-bond donors (Lipinski definition) is 2. The van der Waals surface area contributed by atoms with Crippen molar-refractivity contribution in [2.24, 2.45) is 0 Å². The van der Waals surface area contributed by atoms with E-state index in [9.17, 15) is 0 Å². The molecule has 0 radical (unpaired) electrons. The Morgan fingerprint density at radius 2 is 1.83 bits per heavy atom. The van der Waals surface area contributed by atoms with Gasteiger partial charge in [0, 0.05) is 6.07 Å². The Hall–Kier alpha value is -1.38. The number of benzene rings is 1. The average Bonchev–Trinajstić information content (AvgIpc) is 1.96. The number of aromatic hydroxyl groups is 2. The van der Waals surface area contributed by atoms with Crippen LogP contribution in [-0.2, 0) is 0 Å². The maximum Gasteiger partial charge on any atom is 0.161 e. The molecule has 2 N–H and O–H groups in total. The third kappa shape index (κ3) is 2.05. The zero-order chi connectivity index (χ0) is 9.14. The molecular weight excluding hydrogens is 156 g/mol. The monoisotopic (exact) mass is 168 g/mol. The molecule has 0 saturated carbocycles. The first-order valence-electron chi connectivity index (χ1n) is 3.78. The smallest absolute Gasteiger partial charge is 0.161 e. The second-order valence-electron chi connectivity index (χ2n) is 2.82. The van der Waals surface area contributed by atoms with Crippen LogP contribution in [0.15, 0.2) is 18.2 Å². The fourth-order valence-corrected chi connectivity index (χ4v) is 0.849. The second-order valence-corrected chi connectivity index (χ2v) is 2.82. The molecule has 0 heterocycles. The van der Waals surface area contributed by atoms with Crippen molar-refractivity contribution >= 4 is 0 Å². The largest absolute Gasteiger partial charge is 0.504 e. The van der Waals surface area contributed by atoms with Gasteiger partial charge in [-0.25, -0.2) is 0 Å². The van der Waals surface area contributed by atoms with E-state index in [1.165, 1.54) is 12.1 Å². The van der Waals surface area contributed by atoms with E-state index < -0.39 is 0 Å². The predicted molar refractivity (Wildman–Crippen MR) is 45.5 cm³/mol. The minimum absolute atomic E-state index is 0.0638. The molecule has 0 aromatic heterocycles. The summed E-state index contributed by atoms with van der Waals surface area (Å²) in [5.74, 6) is 0.263. The van der Waals surface area contributed by atoms with Crippen LogP contribution in [0.1, 0.15) is 13.8 Å². The van der Waals surface area contributed by atoms with Crippen LogP contribution >= 0.6 is 0 Å². The summed E-state index contributed by atoms with van der Waals surface area (Å²) in [5, 5.41) is 18.1. The summed E-state index contributed by atoms with van der Waals surface area (Å²) >= 11 is 0. The zero-order valence-electron chi connectivity index (χ0n) is 7.11. The van der Waals surface area contributed by atoms with E-state index in [0.29, 0.717) is 5.75 Å². The van der Waals surface area contributed by atoms with E-state index in [4.69, 9.17) is 14.9 Å². The van der Waals surface area contributed by atoms with Crippen LogP contribution in [-0.4, -0.2) is 16.3 Å². The molecule has 1 rings (SSSR count). The van der Waals surface area contributed by atoms with Crippen molar-refractivity contribution in [3.05, 3.63) is 18.2 Å². The molecule has 1 aromatic carbocycles. The highest BCUT2D eigenvalue weighted by atomic mass is 16.5. The van der Waals surface area contributed by atoms with Crippen molar-refractivity contribution in [2.75, 3.05) is 0 Å². The molecule has 0 saturated heterocycles. The average molecular weight is 168 g/mol. The molecule has 0 amide bonds. The molecule has 3 heteroatoms. The van der Waals surface area contributed by atoms with Crippen molar-refractivity contribution in [3.63, 3.8) is 0 Å². The van der Waals surface area contributed by atoms with Crippen LogP contribution in [0.25, 0.3) is 0 Å². The molecule has 0 spiro atoms. The minimum atomic E-state index is -0.159. The van der Waals surface area contributed by atoms with Gasteiger partial charge in [-0.2, -0.15) is 0 Å². The van der Waals surface area contributed by atoms with Crippen molar-refractivity contribution in [1.82, 2.24) is 0 Å². The lowest BCUT2D eigenvalue weighted by Gasteiger charge is -2.09. The molecule has 0 bridgehead atoms. The summed E-state index contributed by atoms with van der Waals surface area (Å²) in [6.45, 7) is 3.79. The van der Waals surface area contributed by atoms with Crippen molar-refractivity contribution < 1.29 is 14.9 Å². The standard InChI is InChI=1S/C9H12O3/c1-6(2)12-7-3-4-8(10)9(11)5-7/h3-6,10-11H,1-2H3. The summed E-state index contributed by atoms with van der Waals surface area (Å²) in [6, 6.07) is 4.39. The number of phenols is 2. The number of rotatable bonds is 2. The van der Waals surface area contributed by atoms with Gasteiger partial charge in [-0.1, -0.05) is 0 Å². The zero-order valence-corrected chi connectivity index (χ0v) is 7.11. The molecule has 0 aliphatic carbocycles. The van der Waals surface area contributed by atoms with Gasteiger partial charge >= 0.3 is 0 Å². The summed E-state index contributed by atoms with van der Waals surface area (Å²) in [6.07, 6.45) is 0.0638. The molecule has 0 unspecified atom stereocenters. The van der Waals surface area contributed by atoms with Crippen LogP contribution in [0, 0.1) is 0 Å². The van der Waals surface area contributed by atoms with E-state index in [-0.39, 0.29) is 17.6 Å². The fraction of sp³-hybridized carbons (Fsp3) is 0.333. The van der Waals surface area contributed by atoms with Gasteiger partial charge in [0.2, 0.25) is 0 Å². The maximum atomic E-state index is 9.08. The Kier molecular flexibility index (Phi) is 2.43. The third-order valence-corrected chi connectivity index (χ3v) is 1.32. The summed E-state index contributed by atoms with van der Waals surface area (Å²) in [7, 11) is 0. The number of hydrogen-bond acceptors (Lipinski definition) is 3. The highest BCUT2D eigenvalue weighted by molar-refractivity contribution is 5.43. The van der Waals surface area contributed by atoms with Crippen LogP contribution in [0.4, 0.5) is 0 Å². The Bertz CT molecular complexity index is 268. The van der Waals surface area contributed by atoms with E-state index in [2.05, 4.69) is 0 Å². The quantitative estimate of drug-likeness (QED) is 0.663. The van der Waals surface area contributed by atoms with Crippen molar-refractivity contribution in [3.8, 4) is 17.2 Å². The van der Waals surface area contributed by atoms with E-state index in [1.807, 2.05) is 13.8 Å². The molecule has 0 atom stereocenters. The van der Waals surface area contributed by atoms with E-state index >= 15 is 0 Å². The fourth-order valence-electron chi connectivity index (χ4n) is 0.849. The maximum absolute atomic E-state index is 9.08. The molecular formula is C9H12O3. The van der Waals surface area contributed by atoms with Gasteiger partial charge in [0.1, 0.15) is 5.75 Å². The Balaban J connectivity index is 2.82. The predicted octanol–water partition coefficient (Wildman–Crippen LogP) is 1.88. The summed E-state index contributed by atoms with van der Waals surface area (Å²) in [5.41, 5.74) is 0. The SMILES string of the molecule is CC(C)Oc1ccc(O)c(O)c1. The molecule has 0 aliphatic rings. The van der Waals surface area contributed by atoms with Crippen LogP contribution in [0.2, 0.25) is 0 Å². The highest BCUT2D eigenvalue weighted by Gasteiger charge is 2.02. The van der Waals surface area contributed by atoms with Gasteiger partial charge in [0.05, 0.1) is 6.10 Å². The Morgan fingerprint density at radius 3 is 2.33 bits per heavy atom. The van der Waals surface area contributed by atoms with Gasteiger partial charge < -0.3 is 14.9 Å². The van der Waals surface area contributed by atoms with Crippen LogP contribution in [0.5, 0.6) is 17.2 Å². The highest BCUT2D eigenvalue weighted by Crippen LogP contribution is 2.28. The third-order valence-electron chi connectivity index (χ3n) is 1.32. The van der Waals surface area contributed by atoms with E-state index in [1.54, 1.807) is 6.07 Å². The van der Waals surface area contributed by atoms with Gasteiger partial charge in [-0.15, -0.1) is 0 Å². The lowest BCUT2D eigenvalue weighted by atomic mass is 10.3. The van der Waals surface area contributed by atoms with Gasteiger partial charge in [-0.3, -0.25) is 0 Å². The molecule has 0 fully saturated rings. The normalized spacial score (nSPS) is 10.2. The van der Waals surface area contributed by atoms with Gasteiger partial charge in [0.25, 0.3) is 0 Å². The first-order chi connectivity index (χ1) is 5.59. The van der Waals surface area contributed by atoms with Crippen molar-refractivity contribution in [2.45, 2.75) is 20.0 Å². The molecule has 3 nitrogen and oxygen atoms in total. The number of phenolic OH excluding ortho intramolecular Hbond substituents is 2. The van der Waals surface area contributed by atoms with Crippen molar-refractivity contribution in [1.29, 1.82) is 0 Å². The minimum Gasteiger partial charge on any atom is -0.504 e. The van der Waals surface area contributed by atoms with Gasteiger partial charge in [-0.05, 0) is 26.0 Å².